The Morgan fingerprint density at radius 3 is 2.64 bits per heavy atom. The van der Waals surface area contributed by atoms with Crippen molar-refractivity contribution in [2.45, 2.75) is 17.3 Å². The number of hydrogen-bond acceptors (Lipinski definition) is 3. The van der Waals surface area contributed by atoms with E-state index in [9.17, 15) is 4.39 Å². The molecule has 0 saturated heterocycles. The van der Waals surface area contributed by atoms with E-state index in [1.54, 1.807) is 12.1 Å². The summed E-state index contributed by atoms with van der Waals surface area (Å²) in [6.07, 6.45) is 0.657. The van der Waals surface area contributed by atoms with Gasteiger partial charge in [0.15, 0.2) is 0 Å². The van der Waals surface area contributed by atoms with Crippen LogP contribution in [0.15, 0.2) is 53.7 Å². The highest BCUT2D eigenvalue weighted by Crippen LogP contribution is 2.21. The van der Waals surface area contributed by atoms with Crippen molar-refractivity contribution in [1.29, 1.82) is 0 Å². The Bertz CT molecular complexity index is 758. The number of halogens is 2. The Labute approximate surface area is 136 Å². The van der Waals surface area contributed by atoms with E-state index in [1.165, 1.54) is 17.8 Å². The van der Waals surface area contributed by atoms with Crippen LogP contribution in [0.2, 0.25) is 5.02 Å². The van der Waals surface area contributed by atoms with Crippen LogP contribution in [-0.2, 0) is 12.2 Å². The molecule has 0 aliphatic carbocycles. The smallest absolute Gasteiger partial charge is 0.208 e. The van der Waals surface area contributed by atoms with Crippen molar-refractivity contribution >= 4 is 23.4 Å². The first-order chi connectivity index (χ1) is 10.7. The molecule has 3 rings (SSSR count). The summed E-state index contributed by atoms with van der Waals surface area (Å²) in [7, 11) is 0. The molecule has 6 heteroatoms. The third-order valence-corrected chi connectivity index (χ3v) is 4.26. The van der Waals surface area contributed by atoms with Crippen molar-refractivity contribution in [2.75, 3.05) is 0 Å². The van der Waals surface area contributed by atoms with E-state index in [0.29, 0.717) is 27.9 Å². The topological polar surface area (TPSA) is 41.6 Å². The Balaban J connectivity index is 1.61. The molecule has 0 amide bonds. The summed E-state index contributed by atoms with van der Waals surface area (Å²) in [5.41, 5.74) is 1.75. The highest BCUT2D eigenvalue weighted by atomic mass is 35.5. The van der Waals surface area contributed by atoms with E-state index in [1.807, 2.05) is 30.3 Å². The quantitative estimate of drug-likeness (QED) is 0.700. The molecular formula is C16H13ClFN3S. The van der Waals surface area contributed by atoms with Gasteiger partial charge in [-0.3, -0.25) is 5.10 Å². The first kappa shape index (κ1) is 15.1. The van der Waals surface area contributed by atoms with Crippen molar-refractivity contribution in [3.8, 4) is 0 Å². The number of rotatable bonds is 5. The zero-order valence-corrected chi connectivity index (χ0v) is 13.2. The minimum Gasteiger partial charge on any atom is -0.262 e. The number of thioether (sulfide) groups is 1. The van der Waals surface area contributed by atoms with Gasteiger partial charge in [-0.1, -0.05) is 53.7 Å². The van der Waals surface area contributed by atoms with Crippen LogP contribution in [0.3, 0.4) is 0 Å². The van der Waals surface area contributed by atoms with Gasteiger partial charge in [-0.25, -0.2) is 9.37 Å². The molecule has 112 valence electrons. The van der Waals surface area contributed by atoms with E-state index in [4.69, 9.17) is 11.6 Å². The fraction of sp³-hybridized carbons (Fsp3) is 0.125. The van der Waals surface area contributed by atoms with Crippen LogP contribution in [0.5, 0.6) is 0 Å². The largest absolute Gasteiger partial charge is 0.262 e. The van der Waals surface area contributed by atoms with Crippen LogP contribution in [0.4, 0.5) is 4.39 Å². The van der Waals surface area contributed by atoms with Gasteiger partial charge in [-0.2, -0.15) is 0 Å². The monoisotopic (exact) mass is 333 g/mol. The predicted octanol–water partition coefficient (Wildman–Crippen LogP) is 4.48. The minimum atomic E-state index is -0.202. The lowest BCUT2D eigenvalue weighted by Gasteiger charge is -1.99. The number of nitrogens with one attached hydrogen (secondary N) is 1. The third-order valence-electron chi connectivity index (χ3n) is 3.11. The van der Waals surface area contributed by atoms with Crippen LogP contribution >= 0.6 is 23.4 Å². The van der Waals surface area contributed by atoms with Gasteiger partial charge in [0, 0.05) is 17.2 Å². The van der Waals surface area contributed by atoms with E-state index >= 15 is 0 Å². The first-order valence-electron chi connectivity index (χ1n) is 6.72. The molecule has 2 aromatic carbocycles. The average Bonchev–Trinajstić information content (AvgIpc) is 2.96. The van der Waals surface area contributed by atoms with Gasteiger partial charge in [0.2, 0.25) is 5.16 Å². The lowest BCUT2D eigenvalue weighted by atomic mass is 10.1. The van der Waals surface area contributed by atoms with Gasteiger partial charge in [0.05, 0.1) is 0 Å². The summed E-state index contributed by atoms with van der Waals surface area (Å²) in [4.78, 5) is 4.41. The molecule has 1 heterocycles. The lowest BCUT2D eigenvalue weighted by molar-refractivity contribution is 0.617. The number of benzene rings is 2. The number of H-pyrrole nitrogens is 1. The fourth-order valence-corrected chi connectivity index (χ4v) is 2.90. The van der Waals surface area contributed by atoms with Crippen molar-refractivity contribution in [2.24, 2.45) is 0 Å². The van der Waals surface area contributed by atoms with Crippen molar-refractivity contribution in [1.82, 2.24) is 15.2 Å². The minimum absolute atomic E-state index is 0.202. The molecule has 3 aromatic rings. The normalized spacial score (nSPS) is 10.8. The molecule has 0 unspecified atom stereocenters. The molecule has 0 aliphatic heterocycles. The molecule has 0 spiro atoms. The second-order valence-corrected chi connectivity index (χ2v) is 6.13. The van der Waals surface area contributed by atoms with Gasteiger partial charge >= 0.3 is 0 Å². The Hall–Kier alpha value is -1.85. The summed E-state index contributed by atoms with van der Waals surface area (Å²) in [5.74, 6) is 1.08. The van der Waals surface area contributed by atoms with Crippen LogP contribution in [-0.4, -0.2) is 15.2 Å². The Morgan fingerprint density at radius 2 is 1.86 bits per heavy atom. The van der Waals surface area contributed by atoms with E-state index in [0.717, 1.165) is 11.4 Å². The number of hydrogen-bond donors (Lipinski definition) is 1. The lowest BCUT2D eigenvalue weighted by Crippen LogP contribution is -1.90. The maximum Gasteiger partial charge on any atom is 0.208 e. The summed E-state index contributed by atoms with van der Waals surface area (Å²) in [5, 5.41) is 8.39. The second kappa shape index (κ2) is 6.94. The molecule has 0 bridgehead atoms. The summed E-state index contributed by atoms with van der Waals surface area (Å²) in [6, 6.07) is 14.3. The molecule has 1 aromatic heterocycles. The standard InChI is InChI=1S/C16H13ClFN3S/c17-13-7-5-11(6-8-13)9-15-19-16(21-20-15)22-10-12-3-1-2-4-14(12)18/h1-8H,9-10H2,(H,19,20,21). The van der Waals surface area contributed by atoms with Gasteiger partial charge in [0.1, 0.15) is 11.6 Å². The van der Waals surface area contributed by atoms with E-state index < -0.39 is 0 Å². The number of aromatic amines is 1. The van der Waals surface area contributed by atoms with E-state index in [-0.39, 0.29) is 5.82 Å². The molecular weight excluding hydrogens is 321 g/mol. The summed E-state index contributed by atoms with van der Waals surface area (Å²) < 4.78 is 13.5. The van der Waals surface area contributed by atoms with E-state index in [2.05, 4.69) is 15.2 Å². The Kier molecular flexibility index (Phi) is 4.75. The van der Waals surface area contributed by atoms with Gasteiger partial charge in [-0.15, -0.1) is 5.10 Å². The van der Waals surface area contributed by atoms with Gasteiger partial charge < -0.3 is 0 Å². The van der Waals surface area contributed by atoms with Crippen molar-refractivity contribution < 1.29 is 4.39 Å². The molecule has 3 nitrogen and oxygen atoms in total. The predicted molar refractivity (Wildman–Crippen MR) is 86.6 cm³/mol. The summed E-state index contributed by atoms with van der Waals surface area (Å²) in [6.45, 7) is 0. The summed E-state index contributed by atoms with van der Waals surface area (Å²) >= 11 is 7.27. The van der Waals surface area contributed by atoms with Crippen molar-refractivity contribution in [3.05, 3.63) is 76.3 Å². The second-order valence-electron chi connectivity index (χ2n) is 4.75. The van der Waals surface area contributed by atoms with Gasteiger partial charge in [0.25, 0.3) is 0 Å². The highest BCUT2D eigenvalue weighted by Gasteiger charge is 2.07. The fourth-order valence-electron chi connectivity index (χ4n) is 1.97. The maximum absolute atomic E-state index is 13.5. The first-order valence-corrected chi connectivity index (χ1v) is 8.09. The third kappa shape index (κ3) is 3.87. The molecule has 22 heavy (non-hydrogen) atoms. The number of aromatic nitrogens is 3. The van der Waals surface area contributed by atoms with Crippen molar-refractivity contribution in [3.63, 3.8) is 0 Å². The van der Waals surface area contributed by atoms with Crippen LogP contribution in [0, 0.1) is 5.82 Å². The SMILES string of the molecule is Fc1ccccc1CSc1n[nH]c(Cc2ccc(Cl)cc2)n1. The maximum atomic E-state index is 13.5. The van der Waals surface area contributed by atoms with Crippen LogP contribution in [0.1, 0.15) is 17.0 Å². The molecule has 0 radical (unpaired) electrons. The molecule has 0 fully saturated rings. The number of nitrogens with zero attached hydrogens (tertiary/aromatic N) is 2. The molecule has 0 atom stereocenters. The van der Waals surface area contributed by atoms with Gasteiger partial charge in [-0.05, 0) is 29.3 Å². The van der Waals surface area contributed by atoms with Crippen LogP contribution in [0.25, 0.3) is 0 Å². The zero-order valence-electron chi connectivity index (χ0n) is 11.6. The highest BCUT2D eigenvalue weighted by molar-refractivity contribution is 7.98. The van der Waals surface area contributed by atoms with Crippen LogP contribution < -0.4 is 0 Å². The average molecular weight is 334 g/mol. The molecule has 0 saturated carbocycles. The Morgan fingerprint density at radius 1 is 1.09 bits per heavy atom. The molecule has 0 aliphatic rings. The molecule has 1 N–H and O–H groups in total. The zero-order chi connectivity index (χ0) is 15.4.